The molecule has 3 rings (SSSR count). The maximum atomic E-state index is 14.7. The monoisotopic (exact) mass is 396 g/mol. The van der Waals surface area contributed by atoms with Gasteiger partial charge in [0.05, 0.1) is 6.61 Å². The summed E-state index contributed by atoms with van der Waals surface area (Å²) in [5.74, 6) is -7.08. The maximum Gasteiger partial charge on any atom is 0.387 e. The van der Waals surface area contributed by atoms with Crippen molar-refractivity contribution in [3.8, 4) is 5.75 Å². The van der Waals surface area contributed by atoms with Crippen molar-refractivity contribution in [2.24, 2.45) is 17.8 Å². The van der Waals surface area contributed by atoms with Crippen molar-refractivity contribution in [3.63, 3.8) is 0 Å². The number of ether oxygens (including phenoxy) is 2. The largest absolute Gasteiger partial charge is 0.429 e. The number of benzene rings is 1. The number of alkyl halides is 4. The van der Waals surface area contributed by atoms with E-state index in [0.717, 1.165) is 25.7 Å². The topological polar surface area (TPSA) is 18.5 Å². The Morgan fingerprint density at radius 3 is 2.15 bits per heavy atom. The molecule has 0 radical (unpaired) electrons. The Balaban J connectivity index is 1.75. The van der Waals surface area contributed by atoms with E-state index in [4.69, 9.17) is 4.74 Å². The number of halogens is 6. The fourth-order valence-corrected chi connectivity index (χ4v) is 4.19. The van der Waals surface area contributed by atoms with Gasteiger partial charge in [-0.25, -0.2) is 17.6 Å². The van der Waals surface area contributed by atoms with Crippen LogP contribution in [0.1, 0.15) is 50.7 Å². The highest BCUT2D eigenvalue weighted by atomic mass is 19.3. The molecule has 0 bridgehead atoms. The standard InChI is InChI=1S/C19H22F6O2/c1-10-2-4-11(5-3-10)13-8-19(24,25)17(26-9-13)12-6-14(20)16(15(21)7-12)27-18(22)23/h6-7,10-11,13,17-18H,2-5,8-9H2,1H3/t10-,11-,13?,17?. The fourth-order valence-electron chi connectivity index (χ4n) is 4.19. The third-order valence-corrected chi connectivity index (χ3v) is 5.65. The zero-order valence-corrected chi connectivity index (χ0v) is 14.9. The highest BCUT2D eigenvalue weighted by Crippen LogP contribution is 2.48. The highest BCUT2D eigenvalue weighted by Gasteiger charge is 2.49. The summed E-state index contributed by atoms with van der Waals surface area (Å²) < 4.78 is 90.6. The van der Waals surface area contributed by atoms with Crippen LogP contribution in [0.3, 0.4) is 0 Å². The molecule has 2 fully saturated rings. The van der Waals surface area contributed by atoms with Crippen LogP contribution in [0.25, 0.3) is 0 Å². The third-order valence-electron chi connectivity index (χ3n) is 5.65. The van der Waals surface area contributed by atoms with Crippen molar-refractivity contribution in [2.75, 3.05) is 6.61 Å². The first-order valence-corrected chi connectivity index (χ1v) is 9.10. The van der Waals surface area contributed by atoms with Crippen LogP contribution in [0.4, 0.5) is 26.3 Å². The van der Waals surface area contributed by atoms with Gasteiger partial charge in [0.2, 0.25) is 0 Å². The zero-order valence-electron chi connectivity index (χ0n) is 14.9. The average Bonchev–Trinajstić information content (AvgIpc) is 2.57. The predicted molar refractivity (Wildman–Crippen MR) is 85.9 cm³/mol. The van der Waals surface area contributed by atoms with Crippen molar-refractivity contribution < 1.29 is 35.8 Å². The number of hydrogen-bond donors (Lipinski definition) is 0. The van der Waals surface area contributed by atoms with Gasteiger partial charge in [0, 0.05) is 6.42 Å². The number of hydrogen-bond acceptors (Lipinski definition) is 2. The Morgan fingerprint density at radius 2 is 1.63 bits per heavy atom. The quantitative estimate of drug-likeness (QED) is 0.572. The SMILES string of the molecule is C[C@H]1CC[C@H](C2COC(c3cc(F)c(OC(F)F)c(F)c3)C(F)(F)C2)CC1. The summed E-state index contributed by atoms with van der Waals surface area (Å²) in [6, 6.07) is 1.14. The van der Waals surface area contributed by atoms with Crippen LogP contribution in [0.5, 0.6) is 5.75 Å². The Labute approximate surface area is 153 Å². The zero-order chi connectivity index (χ0) is 19.8. The van der Waals surface area contributed by atoms with Crippen molar-refractivity contribution >= 4 is 0 Å². The summed E-state index contributed by atoms with van der Waals surface area (Å²) >= 11 is 0. The molecule has 1 heterocycles. The molecule has 1 aliphatic heterocycles. The lowest BCUT2D eigenvalue weighted by atomic mass is 9.73. The molecule has 0 aromatic heterocycles. The second kappa shape index (κ2) is 7.89. The van der Waals surface area contributed by atoms with E-state index in [1.54, 1.807) is 0 Å². The van der Waals surface area contributed by atoms with Gasteiger partial charge in [0.15, 0.2) is 17.4 Å². The van der Waals surface area contributed by atoms with E-state index in [1.807, 2.05) is 0 Å². The normalized spacial score (nSPS) is 31.1. The van der Waals surface area contributed by atoms with Gasteiger partial charge in [-0.05, 0) is 48.3 Å². The molecular weight excluding hydrogens is 374 g/mol. The Hall–Kier alpha value is -1.44. The molecule has 27 heavy (non-hydrogen) atoms. The summed E-state index contributed by atoms with van der Waals surface area (Å²) in [5.41, 5.74) is -0.424. The second-order valence-electron chi connectivity index (χ2n) is 7.65. The third kappa shape index (κ3) is 4.52. The first-order valence-electron chi connectivity index (χ1n) is 9.10. The summed E-state index contributed by atoms with van der Waals surface area (Å²) in [6.45, 7) is -1.20. The van der Waals surface area contributed by atoms with Crippen LogP contribution in [0.15, 0.2) is 12.1 Å². The summed E-state index contributed by atoms with van der Waals surface area (Å²) in [6.07, 6.45) is 1.50. The van der Waals surface area contributed by atoms with Crippen molar-refractivity contribution in [2.45, 2.75) is 57.7 Å². The van der Waals surface area contributed by atoms with Crippen molar-refractivity contribution in [1.82, 2.24) is 0 Å². The molecule has 0 amide bonds. The Kier molecular flexibility index (Phi) is 5.93. The molecule has 1 saturated carbocycles. The molecule has 1 aliphatic carbocycles. The van der Waals surface area contributed by atoms with Gasteiger partial charge in [-0.3, -0.25) is 0 Å². The lowest BCUT2D eigenvalue weighted by Crippen LogP contribution is -2.41. The van der Waals surface area contributed by atoms with Gasteiger partial charge in [-0.1, -0.05) is 19.8 Å². The Bertz CT molecular complexity index is 635. The van der Waals surface area contributed by atoms with Crippen LogP contribution >= 0.6 is 0 Å². The molecular formula is C19H22F6O2. The van der Waals surface area contributed by atoms with Crippen LogP contribution in [-0.2, 0) is 4.74 Å². The summed E-state index contributed by atoms with van der Waals surface area (Å²) in [7, 11) is 0. The van der Waals surface area contributed by atoms with Crippen LogP contribution in [0.2, 0.25) is 0 Å². The van der Waals surface area contributed by atoms with Crippen LogP contribution in [-0.4, -0.2) is 19.1 Å². The molecule has 1 aromatic carbocycles. The minimum absolute atomic E-state index is 0.0812. The van der Waals surface area contributed by atoms with E-state index in [9.17, 15) is 26.3 Å². The van der Waals surface area contributed by atoms with Crippen LogP contribution in [0, 0.1) is 29.4 Å². The maximum absolute atomic E-state index is 14.7. The lowest BCUT2D eigenvalue weighted by Gasteiger charge is -2.41. The first-order chi connectivity index (χ1) is 12.7. The van der Waals surface area contributed by atoms with E-state index in [1.165, 1.54) is 0 Å². The molecule has 2 nitrogen and oxygen atoms in total. The lowest BCUT2D eigenvalue weighted by molar-refractivity contribution is -0.201. The minimum atomic E-state index is -3.42. The van der Waals surface area contributed by atoms with Gasteiger partial charge in [0.25, 0.3) is 5.92 Å². The smallest absolute Gasteiger partial charge is 0.387 e. The van der Waals surface area contributed by atoms with Crippen molar-refractivity contribution in [1.29, 1.82) is 0 Å². The molecule has 0 N–H and O–H groups in total. The van der Waals surface area contributed by atoms with Gasteiger partial charge in [-0.2, -0.15) is 8.78 Å². The highest BCUT2D eigenvalue weighted by molar-refractivity contribution is 5.33. The van der Waals surface area contributed by atoms with E-state index >= 15 is 0 Å². The molecule has 8 heteroatoms. The average molecular weight is 396 g/mol. The Morgan fingerprint density at radius 1 is 1.04 bits per heavy atom. The van der Waals surface area contributed by atoms with E-state index < -0.39 is 48.0 Å². The minimum Gasteiger partial charge on any atom is -0.429 e. The van der Waals surface area contributed by atoms with E-state index in [-0.39, 0.29) is 18.4 Å². The molecule has 1 saturated heterocycles. The molecule has 2 unspecified atom stereocenters. The van der Waals surface area contributed by atoms with E-state index in [0.29, 0.717) is 18.1 Å². The molecule has 2 atom stereocenters. The molecule has 0 spiro atoms. The summed E-state index contributed by atoms with van der Waals surface area (Å²) in [4.78, 5) is 0. The van der Waals surface area contributed by atoms with Gasteiger partial charge in [0.1, 0.15) is 6.10 Å². The fraction of sp³-hybridized carbons (Fsp3) is 0.684. The molecule has 1 aromatic rings. The molecule has 152 valence electrons. The van der Waals surface area contributed by atoms with Gasteiger partial charge < -0.3 is 9.47 Å². The first kappa shape index (κ1) is 20.3. The summed E-state index contributed by atoms with van der Waals surface area (Å²) in [5, 5.41) is 0. The predicted octanol–water partition coefficient (Wildman–Crippen LogP) is 6.11. The molecule has 2 aliphatic rings. The van der Waals surface area contributed by atoms with Crippen molar-refractivity contribution in [3.05, 3.63) is 29.3 Å². The van der Waals surface area contributed by atoms with Gasteiger partial charge >= 0.3 is 6.61 Å². The second-order valence-corrected chi connectivity index (χ2v) is 7.65. The number of rotatable bonds is 4. The van der Waals surface area contributed by atoms with Crippen LogP contribution < -0.4 is 4.74 Å². The van der Waals surface area contributed by atoms with Gasteiger partial charge in [-0.15, -0.1) is 0 Å². The van der Waals surface area contributed by atoms with E-state index in [2.05, 4.69) is 11.7 Å².